The summed E-state index contributed by atoms with van der Waals surface area (Å²) in [7, 11) is 1.58. The largest absolute Gasteiger partial charge is 0.433 e. The number of nitrogens with zero attached hydrogens (tertiary/aromatic N) is 4. The summed E-state index contributed by atoms with van der Waals surface area (Å²) in [6.07, 6.45) is -0.861. The van der Waals surface area contributed by atoms with Gasteiger partial charge in [0.05, 0.1) is 17.9 Å². The second-order valence-corrected chi connectivity index (χ2v) is 4.96. The standard InChI is InChI=1S/C13H14F3N5O/c1-20(10-4-5-21(7-10)8-17)12(22)19-9-2-3-11(18-6-9)13(14,15)16/h2-3,6,10H,4-5,7H2,1H3,(H,19,22). The van der Waals surface area contributed by atoms with Gasteiger partial charge in [0.1, 0.15) is 5.69 Å². The molecule has 22 heavy (non-hydrogen) atoms. The predicted octanol–water partition coefficient (Wildman–Crippen LogP) is 2.12. The van der Waals surface area contributed by atoms with Gasteiger partial charge in [-0.25, -0.2) is 9.78 Å². The molecule has 1 aliphatic rings. The van der Waals surface area contributed by atoms with Gasteiger partial charge in [-0.3, -0.25) is 0 Å². The number of carbonyl (C=O) groups excluding carboxylic acids is 1. The molecule has 1 atom stereocenters. The minimum Gasteiger partial charge on any atom is -0.323 e. The van der Waals surface area contributed by atoms with Crippen LogP contribution in [0.4, 0.5) is 23.7 Å². The molecule has 0 radical (unpaired) electrons. The van der Waals surface area contributed by atoms with Gasteiger partial charge >= 0.3 is 12.2 Å². The monoisotopic (exact) mass is 313 g/mol. The predicted molar refractivity (Wildman–Crippen MR) is 71.6 cm³/mol. The van der Waals surface area contributed by atoms with Crippen molar-refractivity contribution in [2.45, 2.75) is 18.6 Å². The Morgan fingerprint density at radius 2 is 2.27 bits per heavy atom. The number of rotatable bonds is 2. The molecule has 9 heteroatoms. The maximum Gasteiger partial charge on any atom is 0.433 e. The van der Waals surface area contributed by atoms with Crippen molar-refractivity contribution in [3.63, 3.8) is 0 Å². The van der Waals surface area contributed by atoms with E-state index in [0.29, 0.717) is 19.5 Å². The molecule has 1 N–H and O–H groups in total. The fraction of sp³-hybridized carbons (Fsp3) is 0.462. The molecule has 2 rings (SSSR count). The van der Waals surface area contributed by atoms with E-state index in [-0.39, 0.29) is 11.7 Å². The van der Waals surface area contributed by atoms with E-state index in [1.807, 2.05) is 6.19 Å². The topological polar surface area (TPSA) is 72.3 Å². The number of nitrogens with one attached hydrogen (secondary N) is 1. The van der Waals surface area contributed by atoms with E-state index in [9.17, 15) is 18.0 Å². The summed E-state index contributed by atoms with van der Waals surface area (Å²) in [5.41, 5.74) is -0.834. The fourth-order valence-electron chi connectivity index (χ4n) is 2.16. The zero-order valence-electron chi connectivity index (χ0n) is 11.8. The summed E-state index contributed by atoms with van der Waals surface area (Å²) in [4.78, 5) is 18.3. The highest BCUT2D eigenvalue weighted by atomic mass is 19.4. The Hall–Kier alpha value is -2.50. The van der Waals surface area contributed by atoms with Crippen LogP contribution in [-0.2, 0) is 6.18 Å². The highest BCUT2D eigenvalue weighted by Crippen LogP contribution is 2.27. The fourth-order valence-corrected chi connectivity index (χ4v) is 2.16. The first kappa shape index (κ1) is 15.9. The Morgan fingerprint density at radius 3 is 2.77 bits per heavy atom. The minimum atomic E-state index is -4.51. The van der Waals surface area contributed by atoms with Gasteiger partial charge in [-0.15, -0.1) is 0 Å². The lowest BCUT2D eigenvalue weighted by Gasteiger charge is -2.24. The maximum atomic E-state index is 12.4. The van der Waals surface area contributed by atoms with Crippen LogP contribution in [0.25, 0.3) is 0 Å². The van der Waals surface area contributed by atoms with E-state index >= 15 is 0 Å². The number of nitriles is 1. The van der Waals surface area contributed by atoms with Crippen LogP contribution < -0.4 is 5.32 Å². The molecule has 1 saturated heterocycles. The number of pyridine rings is 1. The molecule has 118 valence electrons. The van der Waals surface area contributed by atoms with Crippen molar-refractivity contribution in [3.05, 3.63) is 24.0 Å². The first-order valence-corrected chi connectivity index (χ1v) is 6.53. The van der Waals surface area contributed by atoms with Crippen molar-refractivity contribution in [1.82, 2.24) is 14.8 Å². The Kier molecular flexibility index (Phi) is 4.40. The van der Waals surface area contributed by atoms with Crippen molar-refractivity contribution in [2.75, 3.05) is 25.5 Å². The molecule has 1 aliphatic heterocycles. The Balaban J connectivity index is 1.96. The Labute approximate surface area is 125 Å². The van der Waals surface area contributed by atoms with Crippen LogP contribution in [0.2, 0.25) is 0 Å². The Bertz CT molecular complexity index is 581. The van der Waals surface area contributed by atoms with E-state index in [2.05, 4.69) is 10.3 Å². The molecule has 1 unspecified atom stereocenters. The average Bonchev–Trinajstić information content (AvgIpc) is 2.95. The van der Waals surface area contributed by atoms with E-state index in [4.69, 9.17) is 5.26 Å². The number of carbonyl (C=O) groups is 1. The van der Waals surface area contributed by atoms with Gasteiger partial charge in [0.15, 0.2) is 6.19 Å². The quantitative estimate of drug-likeness (QED) is 0.849. The number of aromatic nitrogens is 1. The van der Waals surface area contributed by atoms with Crippen LogP contribution in [0.15, 0.2) is 18.3 Å². The average molecular weight is 313 g/mol. The number of hydrogen-bond acceptors (Lipinski definition) is 4. The third-order valence-electron chi connectivity index (χ3n) is 3.48. The van der Waals surface area contributed by atoms with E-state index in [0.717, 1.165) is 18.3 Å². The lowest BCUT2D eigenvalue weighted by molar-refractivity contribution is -0.141. The number of halogens is 3. The minimum absolute atomic E-state index is 0.109. The van der Waals surface area contributed by atoms with Crippen molar-refractivity contribution >= 4 is 11.7 Å². The number of urea groups is 1. The van der Waals surface area contributed by atoms with Crippen molar-refractivity contribution in [1.29, 1.82) is 5.26 Å². The molecular weight excluding hydrogens is 299 g/mol. The molecule has 2 amide bonds. The molecule has 0 saturated carbocycles. The van der Waals surface area contributed by atoms with Gasteiger partial charge in [-0.1, -0.05) is 0 Å². The molecule has 1 aromatic heterocycles. The maximum absolute atomic E-state index is 12.4. The van der Waals surface area contributed by atoms with Crippen molar-refractivity contribution in [3.8, 4) is 6.19 Å². The van der Waals surface area contributed by atoms with Crippen LogP contribution in [-0.4, -0.2) is 47.0 Å². The van der Waals surface area contributed by atoms with Gasteiger partial charge in [-0.05, 0) is 18.6 Å². The molecule has 0 aliphatic carbocycles. The van der Waals surface area contributed by atoms with E-state index < -0.39 is 17.9 Å². The summed E-state index contributed by atoms with van der Waals surface area (Å²) >= 11 is 0. The van der Waals surface area contributed by atoms with Gasteiger partial charge in [0.25, 0.3) is 0 Å². The summed E-state index contributed by atoms with van der Waals surface area (Å²) in [6, 6.07) is 1.40. The number of anilines is 1. The van der Waals surface area contributed by atoms with Crippen LogP contribution in [0.1, 0.15) is 12.1 Å². The van der Waals surface area contributed by atoms with Crippen LogP contribution in [0.5, 0.6) is 0 Å². The third-order valence-corrected chi connectivity index (χ3v) is 3.48. The third kappa shape index (κ3) is 3.58. The highest BCUT2D eigenvalue weighted by Gasteiger charge is 2.32. The smallest absolute Gasteiger partial charge is 0.323 e. The Morgan fingerprint density at radius 1 is 1.55 bits per heavy atom. The lowest BCUT2D eigenvalue weighted by Crippen LogP contribution is -2.41. The summed E-state index contributed by atoms with van der Waals surface area (Å²) in [5, 5.41) is 11.3. The van der Waals surface area contributed by atoms with Crippen LogP contribution in [0, 0.1) is 11.5 Å². The first-order valence-electron chi connectivity index (χ1n) is 6.53. The number of alkyl halides is 3. The second kappa shape index (κ2) is 6.09. The number of amides is 2. The number of likely N-dealkylation sites (tertiary alicyclic amines) is 1. The normalized spacial score (nSPS) is 18.0. The van der Waals surface area contributed by atoms with Gasteiger partial charge in [0.2, 0.25) is 0 Å². The summed E-state index contributed by atoms with van der Waals surface area (Å²) < 4.78 is 37.2. The molecule has 0 spiro atoms. The first-order chi connectivity index (χ1) is 10.3. The molecule has 6 nitrogen and oxygen atoms in total. The zero-order valence-corrected chi connectivity index (χ0v) is 11.8. The molecule has 1 aromatic rings. The van der Waals surface area contributed by atoms with Crippen LogP contribution in [0.3, 0.4) is 0 Å². The van der Waals surface area contributed by atoms with Gasteiger partial charge in [-0.2, -0.15) is 18.4 Å². The summed E-state index contributed by atoms with van der Waals surface area (Å²) in [5.74, 6) is 0. The molecular formula is C13H14F3N5O. The number of hydrogen-bond donors (Lipinski definition) is 1. The van der Waals surface area contributed by atoms with Crippen LogP contribution >= 0.6 is 0 Å². The summed E-state index contributed by atoms with van der Waals surface area (Å²) in [6.45, 7) is 1.03. The van der Waals surface area contributed by atoms with Crippen molar-refractivity contribution < 1.29 is 18.0 Å². The highest BCUT2D eigenvalue weighted by molar-refractivity contribution is 5.89. The van der Waals surface area contributed by atoms with E-state index in [1.165, 1.54) is 4.90 Å². The lowest BCUT2D eigenvalue weighted by atomic mass is 10.2. The van der Waals surface area contributed by atoms with Gasteiger partial charge < -0.3 is 15.1 Å². The van der Waals surface area contributed by atoms with Crippen molar-refractivity contribution in [2.24, 2.45) is 0 Å². The molecule has 0 bridgehead atoms. The molecule has 0 aromatic carbocycles. The number of likely N-dealkylation sites (N-methyl/N-ethyl adjacent to an activating group) is 1. The van der Waals surface area contributed by atoms with Gasteiger partial charge in [0, 0.05) is 20.1 Å². The molecule has 2 heterocycles. The zero-order chi connectivity index (χ0) is 16.3. The van der Waals surface area contributed by atoms with E-state index in [1.54, 1.807) is 11.9 Å². The molecule has 1 fully saturated rings. The second-order valence-electron chi connectivity index (χ2n) is 4.96. The SMILES string of the molecule is CN(C(=O)Nc1ccc(C(F)(F)F)nc1)C1CCN(C#N)C1.